The van der Waals surface area contributed by atoms with E-state index >= 15 is 0 Å². The first-order valence-electron chi connectivity index (χ1n) is 7.75. The minimum Gasteiger partial charge on any atom is -0.423 e. The number of nitrogens with two attached hydrogens (primary N) is 1. The maximum Gasteiger partial charge on any atom is 0.491 e. The van der Waals surface area contributed by atoms with E-state index in [9.17, 15) is 21.9 Å². The number of hydrogen-bond donors (Lipinski definition) is 2. The molecule has 0 fully saturated rings. The van der Waals surface area contributed by atoms with Crippen LogP contribution in [0.5, 0.6) is 0 Å². The van der Waals surface area contributed by atoms with E-state index in [1.165, 1.54) is 18.2 Å². The molecule has 10 heteroatoms. The van der Waals surface area contributed by atoms with Gasteiger partial charge in [-0.1, -0.05) is 18.2 Å². The smallest absolute Gasteiger partial charge is 0.423 e. The van der Waals surface area contributed by atoms with E-state index in [0.29, 0.717) is 16.7 Å². The molecule has 1 heterocycles. The van der Waals surface area contributed by atoms with Gasteiger partial charge in [0.1, 0.15) is 0 Å². The number of sulfone groups is 2. The summed E-state index contributed by atoms with van der Waals surface area (Å²) in [7, 11) is -8.31. The van der Waals surface area contributed by atoms with Gasteiger partial charge in [0, 0.05) is 11.9 Å². The maximum absolute atomic E-state index is 12.9. The quantitative estimate of drug-likeness (QED) is 0.540. The summed E-state index contributed by atoms with van der Waals surface area (Å²) < 4.78 is 54.1. The van der Waals surface area contributed by atoms with Crippen LogP contribution < -0.4 is 11.2 Å². The van der Waals surface area contributed by atoms with Crippen LogP contribution in [0, 0.1) is 0 Å². The number of nitrogen functional groups attached to an aromatic ring is 1. The van der Waals surface area contributed by atoms with Gasteiger partial charge in [-0.3, -0.25) is 0 Å². The van der Waals surface area contributed by atoms with Crippen LogP contribution in [0.3, 0.4) is 0 Å². The van der Waals surface area contributed by atoms with E-state index in [2.05, 4.69) is 0 Å². The first-order valence-corrected chi connectivity index (χ1v) is 11.5. The molecule has 0 saturated heterocycles. The average Bonchev–Trinajstić information content (AvgIpc) is 2.86. The lowest BCUT2D eigenvalue weighted by Crippen LogP contribution is -2.28. The molecule has 0 radical (unpaired) electrons. The van der Waals surface area contributed by atoms with Crippen LogP contribution in [0.1, 0.15) is 16.7 Å². The highest BCUT2D eigenvalue weighted by molar-refractivity contribution is 7.91. The van der Waals surface area contributed by atoms with Gasteiger partial charge in [-0.2, -0.15) is 0 Å². The highest BCUT2D eigenvalue weighted by Gasteiger charge is 2.28. The molecule has 138 valence electrons. The van der Waals surface area contributed by atoms with Crippen LogP contribution >= 0.6 is 0 Å². The number of benzene rings is 2. The Balaban J connectivity index is 1.98. The van der Waals surface area contributed by atoms with Crippen molar-refractivity contribution >= 4 is 37.9 Å². The molecule has 0 amide bonds. The predicted octanol–water partition coefficient (Wildman–Crippen LogP) is 0.00500. The van der Waals surface area contributed by atoms with Crippen LogP contribution in [0.15, 0.2) is 41.3 Å². The number of hydrogen-bond acceptors (Lipinski definition) is 7. The average molecular weight is 395 g/mol. The molecule has 0 aromatic heterocycles. The van der Waals surface area contributed by atoms with Crippen molar-refractivity contribution in [3.8, 4) is 0 Å². The maximum atomic E-state index is 12.9. The Bertz CT molecular complexity index is 1070. The summed E-state index contributed by atoms with van der Waals surface area (Å²) >= 11 is 0. The summed E-state index contributed by atoms with van der Waals surface area (Å²) in [4.78, 5) is -0.0607. The normalized spacial score (nSPS) is 14.5. The number of fused-ring (bicyclic) bond motifs is 1. The molecule has 2 aromatic rings. The molecule has 1 aliphatic rings. The predicted molar refractivity (Wildman–Crippen MR) is 99.1 cm³/mol. The van der Waals surface area contributed by atoms with Gasteiger partial charge in [0.05, 0.1) is 23.0 Å². The van der Waals surface area contributed by atoms with Gasteiger partial charge in [-0.15, -0.1) is 0 Å². The van der Waals surface area contributed by atoms with Crippen molar-refractivity contribution < 1.29 is 26.5 Å². The third kappa shape index (κ3) is 4.09. The Labute approximate surface area is 152 Å². The largest absolute Gasteiger partial charge is 0.491 e. The Morgan fingerprint density at radius 1 is 1.12 bits per heavy atom. The summed E-state index contributed by atoms with van der Waals surface area (Å²) in [5.41, 5.74) is 7.97. The minimum atomic E-state index is -3.81. The summed E-state index contributed by atoms with van der Waals surface area (Å²) in [6, 6.07) is 9.10. The van der Waals surface area contributed by atoms with Gasteiger partial charge in [-0.25, -0.2) is 16.8 Å². The zero-order valence-corrected chi connectivity index (χ0v) is 15.7. The standard InChI is InChI=1S/C16H18BNO6S2/c1-25(20,21)10-13-7-14(18)4-5-16(13)26(22,23)9-11-2-3-12-8-24-17(19)15(12)6-11/h2-7,19H,8-10,18H2,1H3. The molecule has 3 rings (SSSR count). The highest BCUT2D eigenvalue weighted by Crippen LogP contribution is 2.25. The Hall–Kier alpha value is -1.88. The number of rotatable bonds is 5. The molecule has 7 nitrogen and oxygen atoms in total. The second-order valence-corrected chi connectivity index (χ2v) is 10.5. The fraction of sp³-hybridized carbons (Fsp3) is 0.250. The molecule has 1 aliphatic heterocycles. The van der Waals surface area contributed by atoms with Crippen LogP contribution in [-0.2, 0) is 42.4 Å². The fourth-order valence-corrected chi connectivity index (χ4v) is 5.42. The minimum absolute atomic E-state index is 0.0607. The SMILES string of the molecule is CS(=O)(=O)Cc1cc(N)ccc1S(=O)(=O)Cc1ccc2c(c1)B(O)OC2. The lowest BCUT2D eigenvalue weighted by molar-refractivity contribution is 0.275. The summed E-state index contributed by atoms with van der Waals surface area (Å²) in [6.07, 6.45) is 1.04. The van der Waals surface area contributed by atoms with Gasteiger partial charge < -0.3 is 15.4 Å². The van der Waals surface area contributed by atoms with Gasteiger partial charge in [-0.05, 0) is 40.4 Å². The van der Waals surface area contributed by atoms with E-state index in [0.717, 1.165) is 11.8 Å². The van der Waals surface area contributed by atoms with E-state index in [1.54, 1.807) is 18.2 Å². The van der Waals surface area contributed by atoms with Gasteiger partial charge >= 0.3 is 7.12 Å². The van der Waals surface area contributed by atoms with Crippen molar-refractivity contribution in [2.75, 3.05) is 12.0 Å². The van der Waals surface area contributed by atoms with Crippen LogP contribution in [-0.4, -0.2) is 35.2 Å². The summed E-state index contributed by atoms with van der Waals surface area (Å²) in [5, 5.41) is 9.77. The molecule has 0 spiro atoms. The fourth-order valence-electron chi connectivity index (χ4n) is 2.95. The van der Waals surface area contributed by atoms with Crippen molar-refractivity contribution in [3.63, 3.8) is 0 Å². The lowest BCUT2D eigenvalue weighted by atomic mass is 9.79. The number of anilines is 1. The van der Waals surface area contributed by atoms with Crippen LogP contribution in [0.2, 0.25) is 0 Å². The van der Waals surface area contributed by atoms with Gasteiger partial charge in [0.2, 0.25) is 0 Å². The third-order valence-corrected chi connectivity index (χ3v) is 6.68. The summed E-state index contributed by atoms with van der Waals surface area (Å²) in [5.74, 6) is -0.739. The molecule has 0 atom stereocenters. The van der Waals surface area contributed by atoms with Crippen LogP contribution in [0.4, 0.5) is 5.69 Å². The second kappa shape index (κ2) is 6.69. The van der Waals surface area contributed by atoms with Crippen LogP contribution in [0.25, 0.3) is 0 Å². The van der Waals surface area contributed by atoms with E-state index in [4.69, 9.17) is 10.4 Å². The molecule has 26 heavy (non-hydrogen) atoms. The van der Waals surface area contributed by atoms with Gasteiger partial charge in [0.15, 0.2) is 19.7 Å². The van der Waals surface area contributed by atoms with Crippen molar-refractivity contribution in [2.24, 2.45) is 0 Å². The Morgan fingerprint density at radius 3 is 2.54 bits per heavy atom. The van der Waals surface area contributed by atoms with Crippen molar-refractivity contribution in [2.45, 2.75) is 23.0 Å². The van der Waals surface area contributed by atoms with Crippen molar-refractivity contribution in [3.05, 3.63) is 53.1 Å². The summed E-state index contributed by atoms with van der Waals surface area (Å²) in [6.45, 7) is 0.278. The topological polar surface area (TPSA) is 124 Å². The molecule has 0 bridgehead atoms. The second-order valence-electron chi connectivity index (χ2n) is 6.39. The van der Waals surface area contributed by atoms with E-state index in [-0.39, 0.29) is 22.8 Å². The van der Waals surface area contributed by atoms with E-state index in [1.807, 2.05) is 0 Å². The molecule has 2 aromatic carbocycles. The molecule has 0 aliphatic carbocycles. The third-order valence-electron chi connectivity index (χ3n) is 4.07. The first kappa shape index (κ1) is 18.9. The molecule has 3 N–H and O–H groups in total. The van der Waals surface area contributed by atoms with Crippen molar-refractivity contribution in [1.82, 2.24) is 0 Å². The first-order chi connectivity index (χ1) is 12.0. The van der Waals surface area contributed by atoms with Crippen molar-refractivity contribution in [1.29, 1.82) is 0 Å². The molecule has 0 unspecified atom stereocenters. The zero-order chi connectivity index (χ0) is 19.1. The Kier molecular flexibility index (Phi) is 4.87. The van der Waals surface area contributed by atoms with E-state index < -0.39 is 32.5 Å². The highest BCUT2D eigenvalue weighted by atomic mass is 32.2. The van der Waals surface area contributed by atoms with Gasteiger partial charge in [0.25, 0.3) is 0 Å². The zero-order valence-electron chi connectivity index (χ0n) is 14.0. The monoisotopic (exact) mass is 395 g/mol. The Morgan fingerprint density at radius 2 is 1.85 bits per heavy atom. The molecular weight excluding hydrogens is 377 g/mol. The molecular formula is C16H18BNO6S2. The lowest BCUT2D eigenvalue weighted by Gasteiger charge is -2.12. The molecule has 0 saturated carbocycles.